The number of fused-ring (bicyclic) bond motifs is 1. The van der Waals surface area contributed by atoms with Crippen LogP contribution in [0.1, 0.15) is 23.5 Å². The molecular formula is C21H23FN4OS. The van der Waals surface area contributed by atoms with Gasteiger partial charge < -0.3 is 4.90 Å². The zero-order valence-electron chi connectivity index (χ0n) is 15.9. The molecule has 0 aliphatic carbocycles. The fourth-order valence-electron chi connectivity index (χ4n) is 3.75. The van der Waals surface area contributed by atoms with Crippen molar-refractivity contribution in [3.8, 4) is 10.6 Å². The number of aryl methyl sites for hydroxylation is 1. The first-order valence-electron chi connectivity index (χ1n) is 9.62. The average molecular weight is 399 g/mol. The average Bonchev–Trinajstić information content (AvgIpc) is 3.14. The lowest BCUT2D eigenvalue weighted by Crippen LogP contribution is -2.37. The molecule has 1 aliphatic rings. The third kappa shape index (κ3) is 4.25. The maximum atomic E-state index is 12.7. The number of pyridine rings is 1. The number of aromatic nitrogens is 3. The highest BCUT2D eigenvalue weighted by Crippen LogP contribution is 2.27. The minimum absolute atomic E-state index is 0.0593. The number of alkyl halides is 1. The fourth-order valence-corrected chi connectivity index (χ4v) is 4.44. The van der Waals surface area contributed by atoms with Crippen LogP contribution in [0.4, 0.5) is 4.39 Å². The van der Waals surface area contributed by atoms with Gasteiger partial charge in [-0.3, -0.25) is 9.78 Å². The maximum Gasteiger partial charge on any atom is 0.147 e. The summed E-state index contributed by atoms with van der Waals surface area (Å²) in [6, 6.07) is 8.14. The summed E-state index contributed by atoms with van der Waals surface area (Å²) in [6.45, 7) is 3.70. The van der Waals surface area contributed by atoms with Crippen molar-refractivity contribution in [3.63, 3.8) is 0 Å². The zero-order valence-corrected chi connectivity index (χ0v) is 16.7. The molecule has 0 spiro atoms. The Balaban J connectivity index is 1.47. The van der Waals surface area contributed by atoms with Gasteiger partial charge in [-0.05, 0) is 50.4 Å². The second kappa shape index (κ2) is 8.41. The van der Waals surface area contributed by atoms with Crippen molar-refractivity contribution in [3.05, 3.63) is 41.2 Å². The number of Topliss-reactive ketones (excluding diaryl/α,β-unsaturated/α-hetero) is 1. The van der Waals surface area contributed by atoms with E-state index in [4.69, 9.17) is 0 Å². The van der Waals surface area contributed by atoms with Gasteiger partial charge in [-0.15, -0.1) is 10.2 Å². The Bertz CT molecular complexity index is 981. The third-order valence-corrected chi connectivity index (χ3v) is 6.24. The maximum absolute atomic E-state index is 12.7. The lowest BCUT2D eigenvalue weighted by Gasteiger charge is -2.30. The number of nitrogens with zero attached hydrogens (tertiary/aromatic N) is 4. The molecule has 0 radical (unpaired) electrons. The van der Waals surface area contributed by atoms with E-state index in [1.54, 1.807) is 11.3 Å². The van der Waals surface area contributed by atoms with Crippen LogP contribution >= 0.6 is 11.3 Å². The van der Waals surface area contributed by atoms with Gasteiger partial charge in [0.05, 0.1) is 0 Å². The van der Waals surface area contributed by atoms with Crippen LogP contribution in [-0.2, 0) is 11.2 Å². The Kier molecular flexibility index (Phi) is 5.73. The van der Waals surface area contributed by atoms with Crippen molar-refractivity contribution in [2.45, 2.75) is 26.2 Å². The second-order valence-corrected chi connectivity index (χ2v) is 8.49. The first kappa shape index (κ1) is 19.1. The van der Waals surface area contributed by atoms with E-state index < -0.39 is 0 Å². The van der Waals surface area contributed by atoms with E-state index in [0.29, 0.717) is 13.0 Å². The van der Waals surface area contributed by atoms with Gasteiger partial charge in [-0.1, -0.05) is 23.5 Å². The van der Waals surface area contributed by atoms with Crippen LogP contribution in [0.15, 0.2) is 30.5 Å². The molecule has 2 aromatic heterocycles. The summed E-state index contributed by atoms with van der Waals surface area (Å²) in [5, 5.41) is 12.2. The Morgan fingerprint density at radius 1 is 1.21 bits per heavy atom. The number of halogens is 1. The predicted octanol–water partition coefficient (Wildman–Crippen LogP) is 3.85. The number of carbonyl (C=O) groups excluding carboxylic acids is 1. The molecule has 0 unspecified atom stereocenters. The van der Waals surface area contributed by atoms with Crippen LogP contribution in [0.3, 0.4) is 0 Å². The molecule has 0 N–H and O–H groups in total. The molecule has 0 saturated carbocycles. The Labute approximate surface area is 167 Å². The van der Waals surface area contributed by atoms with Gasteiger partial charge >= 0.3 is 0 Å². The molecule has 3 aromatic rings. The van der Waals surface area contributed by atoms with E-state index in [0.717, 1.165) is 58.0 Å². The molecule has 5 nitrogen and oxygen atoms in total. The zero-order chi connectivity index (χ0) is 19.5. The smallest absolute Gasteiger partial charge is 0.147 e. The minimum atomic E-state index is -0.321. The molecule has 28 heavy (non-hydrogen) atoms. The van der Waals surface area contributed by atoms with Crippen LogP contribution < -0.4 is 0 Å². The standard InChI is InChI=1S/C21H23FN4OS/c1-14-24-25-21(28-14)16-2-3-17-13-23-19(11-18(17)10-16)12-20(27)15-4-7-26(8-5-15)9-6-22/h2-3,10-11,13,15H,4-9,12H2,1H3. The molecule has 7 heteroatoms. The SMILES string of the molecule is Cc1nnc(-c2ccc3cnc(CC(=O)C4CCN(CCF)CC4)cc3c2)s1. The highest BCUT2D eigenvalue weighted by atomic mass is 32.1. The van der Waals surface area contributed by atoms with Crippen molar-refractivity contribution in [1.82, 2.24) is 20.1 Å². The Morgan fingerprint density at radius 3 is 2.75 bits per heavy atom. The largest absolute Gasteiger partial charge is 0.301 e. The predicted molar refractivity (Wildman–Crippen MR) is 109 cm³/mol. The topological polar surface area (TPSA) is 59.0 Å². The van der Waals surface area contributed by atoms with E-state index in [9.17, 15) is 9.18 Å². The van der Waals surface area contributed by atoms with Crippen molar-refractivity contribution in [1.29, 1.82) is 0 Å². The second-order valence-electron chi connectivity index (χ2n) is 7.31. The number of hydrogen-bond donors (Lipinski definition) is 0. The fraction of sp³-hybridized carbons (Fsp3) is 0.429. The van der Waals surface area contributed by atoms with Crippen LogP contribution in [0, 0.1) is 12.8 Å². The monoisotopic (exact) mass is 398 g/mol. The lowest BCUT2D eigenvalue weighted by molar-refractivity contribution is -0.123. The molecule has 1 fully saturated rings. The van der Waals surface area contributed by atoms with Crippen LogP contribution in [0.2, 0.25) is 0 Å². The third-order valence-electron chi connectivity index (χ3n) is 5.35. The van der Waals surface area contributed by atoms with Crippen LogP contribution in [-0.4, -0.2) is 52.2 Å². The van der Waals surface area contributed by atoms with Gasteiger partial charge in [-0.25, -0.2) is 4.39 Å². The number of ketones is 1. The molecule has 1 aliphatic heterocycles. The minimum Gasteiger partial charge on any atom is -0.301 e. The molecule has 0 amide bonds. The highest BCUT2D eigenvalue weighted by Gasteiger charge is 2.25. The van der Waals surface area contributed by atoms with E-state index >= 15 is 0 Å². The summed E-state index contributed by atoms with van der Waals surface area (Å²) in [6.07, 6.45) is 3.81. The number of hydrogen-bond acceptors (Lipinski definition) is 6. The lowest BCUT2D eigenvalue weighted by atomic mass is 9.90. The van der Waals surface area contributed by atoms with Crippen molar-refractivity contribution < 1.29 is 9.18 Å². The van der Waals surface area contributed by atoms with Crippen molar-refractivity contribution in [2.75, 3.05) is 26.3 Å². The Hall–Kier alpha value is -2.25. The molecule has 4 rings (SSSR count). The highest BCUT2D eigenvalue weighted by molar-refractivity contribution is 7.14. The number of rotatable bonds is 6. The van der Waals surface area contributed by atoms with Crippen molar-refractivity contribution >= 4 is 27.9 Å². The van der Waals surface area contributed by atoms with Crippen LogP contribution in [0.5, 0.6) is 0 Å². The molecule has 1 aromatic carbocycles. The summed E-state index contributed by atoms with van der Waals surface area (Å²) in [5.41, 5.74) is 1.83. The van der Waals surface area contributed by atoms with E-state index in [-0.39, 0.29) is 18.4 Å². The van der Waals surface area contributed by atoms with Gasteiger partial charge in [0, 0.05) is 41.7 Å². The van der Waals surface area contributed by atoms with Gasteiger partial charge in [-0.2, -0.15) is 0 Å². The van der Waals surface area contributed by atoms with Gasteiger partial charge in [0.15, 0.2) is 0 Å². The number of carbonyl (C=O) groups is 1. The molecule has 0 bridgehead atoms. The number of likely N-dealkylation sites (tertiary alicyclic amines) is 1. The number of benzene rings is 1. The van der Waals surface area contributed by atoms with E-state index in [2.05, 4.69) is 26.1 Å². The first-order valence-corrected chi connectivity index (χ1v) is 10.4. The first-order chi connectivity index (χ1) is 13.6. The normalized spacial score (nSPS) is 15.9. The molecule has 3 heterocycles. The molecular weight excluding hydrogens is 375 g/mol. The summed E-state index contributed by atoms with van der Waals surface area (Å²) in [5.74, 6) is 0.298. The molecule has 146 valence electrons. The van der Waals surface area contributed by atoms with Crippen LogP contribution in [0.25, 0.3) is 21.3 Å². The summed E-state index contributed by atoms with van der Waals surface area (Å²) >= 11 is 1.57. The summed E-state index contributed by atoms with van der Waals surface area (Å²) < 4.78 is 12.5. The summed E-state index contributed by atoms with van der Waals surface area (Å²) in [4.78, 5) is 19.3. The Morgan fingerprint density at radius 2 is 2.04 bits per heavy atom. The van der Waals surface area contributed by atoms with E-state index in [1.165, 1.54) is 0 Å². The van der Waals surface area contributed by atoms with Gasteiger partial charge in [0.1, 0.15) is 22.5 Å². The van der Waals surface area contributed by atoms with Gasteiger partial charge in [0.25, 0.3) is 0 Å². The van der Waals surface area contributed by atoms with E-state index in [1.807, 2.05) is 31.3 Å². The quantitative estimate of drug-likeness (QED) is 0.631. The molecule has 0 atom stereocenters. The van der Waals surface area contributed by atoms with Crippen molar-refractivity contribution in [2.24, 2.45) is 5.92 Å². The number of piperidine rings is 1. The van der Waals surface area contributed by atoms with Gasteiger partial charge in [0.2, 0.25) is 0 Å². The molecule has 1 saturated heterocycles. The summed E-state index contributed by atoms with van der Waals surface area (Å²) in [7, 11) is 0.